The molecule has 0 aliphatic carbocycles. The molecule has 1 N–H and O–H groups in total. The van der Waals surface area contributed by atoms with Crippen molar-refractivity contribution in [3.8, 4) is 0 Å². The first-order valence-electron chi connectivity index (χ1n) is 5.79. The highest BCUT2D eigenvalue weighted by Gasteiger charge is 2.36. The molecule has 84 valence electrons. The molecule has 0 amide bonds. The monoisotopic (exact) mass is 199 g/mol. The minimum absolute atomic E-state index is 0.172. The zero-order chi connectivity index (χ0) is 10.8. The lowest BCUT2D eigenvalue weighted by molar-refractivity contribution is -0.0100. The number of rotatable bonds is 2. The Morgan fingerprint density at radius 1 is 1.36 bits per heavy atom. The SMILES string of the molecule is CCC1(CO)CCCN(C(C)(C)C)C1. The summed E-state index contributed by atoms with van der Waals surface area (Å²) in [5, 5.41) is 9.50. The van der Waals surface area contributed by atoms with Gasteiger partial charge in [0.2, 0.25) is 0 Å². The van der Waals surface area contributed by atoms with Gasteiger partial charge in [-0.25, -0.2) is 0 Å². The van der Waals surface area contributed by atoms with Crippen molar-refractivity contribution in [2.75, 3.05) is 19.7 Å². The minimum atomic E-state index is 0.172. The van der Waals surface area contributed by atoms with Gasteiger partial charge in [-0.2, -0.15) is 0 Å². The third kappa shape index (κ3) is 2.48. The number of hydrogen-bond acceptors (Lipinski definition) is 2. The van der Waals surface area contributed by atoms with E-state index in [0.29, 0.717) is 6.61 Å². The Kier molecular flexibility index (Phi) is 3.59. The maximum Gasteiger partial charge on any atom is 0.0499 e. The second-order valence-corrected chi connectivity index (χ2v) is 5.71. The van der Waals surface area contributed by atoms with Crippen molar-refractivity contribution in [2.24, 2.45) is 5.41 Å². The van der Waals surface area contributed by atoms with E-state index in [0.717, 1.165) is 13.0 Å². The summed E-state index contributed by atoms with van der Waals surface area (Å²) in [6.07, 6.45) is 3.51. The third-order valence-electron chi connectivity index (χ3n) is 3.70. The van der Waals surface area contributed by atoms with Crippen LogP contribution in [-0.2, 0) is 0 Å². The van der Waals surface area contributed by atoms with Gasteiger partial charge in [0, 0.05) is 24.1 Å². The van der Waals surface area contributed by atoms with Crippen LogP contribution in [0.25, 0.3) is 0 Å². The average molecular weight is 199 g/mol. The Morgan fingerprint density at radius 3 is 2.43 bits per heavy atom. The van der Waals surface area contributed by atoms with Crippen molar-refractivity contribution in [1.29, 1.82) is 0 Å². The Labute approximate surface area is 88.3 Å². The van der Waals surface area contributed by atoms with Crippen LogP contribution in [0.4, 0.5) is 0 Å². The molecule has 0 aromatic heterocycles. The van der Waals surface area contributed by atoms with E-state index in [1.807, 2.05) is 0 Å². The van der Waals surface area contributed by atoms with Gasteiger partial charge in [0.25, 0.3) is 0 Å². The first-order chi connectivity index (χ1) is 6.43. The average Bonchev–Trinajstić information content (AvgIpc) is 2.16. The molecule has 0 aromatic rings. The smallest absolute Gasteiger partial charge is 0.0499 e. The normalized spacial score (nSPS) is 30.6. The van der Waals surface area contributed by atoms with E-state index in [2.05, 4.69) is 32.6 Å². The highest BCUT2D eigenvalue weighted by atomic mass is 16.3. The lowest BCUT2D eigenvalue weighted by Gasteiger charge is -2.47. The number of aliphatic hydroxyl groups excluding tert-OH is 1. The van der Waals surface area contributed by atoms with Crippen LogP contribution in [0.15, 0.2) is 0 Å². The van der Waals surface area contributed by atoms with Crippen molar-refractivity contribution in [1.82, 2.24) is 4.90 Å². The maximum atomic E-state index is 9.50. The van der Waals surface area contributed by atoms with Crippen LogP contribution in [0.2, 0.25) is 0 Å². The molecule has 0 saturated carbocycles. The Morgan fingerprint density at radius 2 is 2.00 bits per heavy atom. The van der Waals surface area contributed by atoms with Crippen molar-refractivity contribution >= 4 is 0 Å². The Bertz CT molecular complexity index is 179. The fraction of sp³-hybridized carbons (Fsp3) is 1.00. The van der Waals surface area contributed by atoms with Crippen molar-refractivity contribution in [3.05, 3.63) is 0 Å². The van der Waals surface area contributed by atoms with Crippen LogP contribution >= 0.6 is 0 Å². The summed E-state index contributed by atoms with van der Waals surface area (Å²) in [5.41, 5.74) is 0.418. The number of nitrogens with zero attached hydrogens (tertiary/aromatic N) is 1. The highest BCUT2D eigenvalue weighted by molar-refractivity contribution is 4.90. The van der Waals surface area contributed by atoms with Crippen LogP contribution < -0.4 is 0 Å². The second kappa shape index (κ2) is 4.19. The molecule has 0 radical (unpaired) electrons. The molecule has 1 fully saturated rings. The summed E-state index contributed by atoms with van der Waals surface area (Å²) in [5.74, 6) is 0. The van der Waals surface area contributed by atoms with Gasteiger partial charge in [-0.15, -0.1) is 0 Å². The molecule has 0 aromatic carbocycles. The van der Waals surface area contributed by atoms with Gasteiger partial charge in [0.05, 0.1) is 0 Å². The fourth-order valence-corrected chi connectivity index (χ4v) is 2.31. The molecule has 1 aliphatic heterocycles. The zero-order valence-corrected chi connectivity index (χ0v) is 10.1. The summed E-state index contributed by atoms with van der Waals surface area (Å²) in [6.45, 7) is 11.6. The van der Waals surface area contributed by atoms with Crippen LogP contribution in [0.3, 0.4) is 0 Å². The predicted molar refractivity (Wildman–Crippen MR) is 60.4 cm³/mol. The molecule has 2 heteroatoms. The van der Waals surface area contributed by atoms with E-state index < -0.39 is 0 Å². The van der Waals surface area contributed by atoms with Crippen molar-refractivity contribution in [2.45, 2.75) is 52.5 Å². The predicted octanol–water partition coefficient (Wildman–Crippen LogP) is 2.27. The molecule has 1 unspecified atom stereocenters. The van der Waals surface area contributed by atoms with E-state index in [1.54, 1.807) is 0 Å². The van der Waals surface area contributed by atoms with Gasteiger partial charge in [-0.1, -0.05) is 6.92 Å². The summed E-state index contributed by atoms with van der Waals surface area (Å²) in [4.78, 5) is 2.51. The second-order valence-electron chi connectivity index (χ2n) is 5.71. The third-order valence-corrected chi connectivity index (χ3v) is 3.70. The summed E-state index contributed by atoms with van der Waals surface area (Å²) < 4.78 is 0. The fourth-order valence-electron chi connectivity index (χ4n) is 2.31. The van der Waals surface area contributed by atoms with Crippen LogP contribution in [0.5, 0.6) is 0 Å². The molecular weight excluding hydrogens is 174 g/mol. The first kappa shape index (κ1) is 12.0. The Balaban J connectivity index is 2.68. The Hall–Kier alpha value is -0.0800. The van der Waals surface area contributed by atoms with Gasteiger partial charge < -0.3 is 5.11 Å². The van der Waals surface area contributed by atoms with E-state index in [1.165, 1.54) is 19.4 Å². The molecule has 0 spiro atoms. The lowest BCUT2D eigenvalue weighted by Crippen LogP contribution is -2.52. The van der Waals surface area contributed by atoms with Crippen LogP contribution in [0.1, 0.15) is 47.0 Å². The number of piperidine rings is 1. The molecule has 1 atom stereocenters. The molecule has 14 heavy (non-hydrogen) atoms. The topological polar surface area (TPSA) is 23.5 Å². The summed E-state index contributed by atoms with van der Waals surface area (Å²) in [6, 6.07) is 0. The van der Waals surface area contributed by atoms with Crippen LogP contribution in [-0.4, -0.2) is 35.2 Å². The molecule has 1 rings (SSSR count). The largest absolute Gasteiger partial charge is 0.396 e. The molecule has 1 heterocycles. The molecule has 0 bridgehead atoms. The van der Waals surface area contributed by atoms with Gasteiger partial charge in [-0.05, 0) is 46.6 Å². The molecule has 1 saturated heterocycles. The minimum Gasteiger partial charge on any atom is -0.396 e. The lowest BCUT2D eigenvalue weighted by atomic mass is 9.77. The molecule has 2 nitrogen and oxygen atoms in total. The van der Waals surface area contributed by atoms with Crippen molar-refractivity contribution < 1.29 is 5.11 Å². The number of likely N-dealkylation sites (tertiary alicyclic amines) is 1. The number of aliphatic hydroxyl groups is 1. The first-order valence-corrected chi connectivity index (χ1v) is 5.79. The standard InChI is InChI=1S/C12H25NO/c1-5-12(10-14)7-6-8-13(9-12)11(2,3)4/h14H,5-10H2,1-4H3. The van der Waals surface area contributed by atoms with Gasteiger partial charge in [0.15, 0.2) is 0 Å². The van der Waals surface area contributed by atoms with E-state index >= 15 is 0 Å². The summed E-state index contributed by atoms with van der Waals surface area (Å²) >= 11 is 0. The quantitative estimate of drug-likeness (QED) is 0.737. The summed E-state index contributed by atoms with van der Waals surface area (Å²) in [7, 11) is 0. The molecular formula is C12H25NO. The highest BCUT2D eigenvalue weighted by Crippen LogP contribution is 2.35. The molecule has 1 aliphatic rings. The van der Waals surface area contributed by atoms with Gasteiger partial charge in [-0.3, -0.25) is 4.90 Å². The van der Waals surface area contributed by atoms with E-state index in [4.69, 9.17) is 0 Å². The van der Waals surface area contributed by atoms with Gasteiger partial charge >= 0.3 is 0 Å². The van der Waals surface area contributed by atoms with Crippen LogP contribution in [0, 0.1) is 5.41 Å². The van der Waals surface area contributed by atoms with Crippen molar-refractivity contribution in [3.63, 3.8) is 0 Å². The number of hydrogen-bond donors (Lipinski definition) is 1. The maximum absolute atomic E-state index is 9.50. The van der Waals surface area contributed by atoms with E-state index in [9.17, 15) is 5.11 Å². The van der Waals surface area contributed by atoms with Gasteiger partial charge in [0.1, 0.15) is 0 Å². The van der Waals surface area contributed by atoms with E-state index in [-0.39, 0.29) is 11.0 Å². The zero-order valence-electron chi connectivity index (χ0n) is 10.1.